The van der Waals surface area contributed by atoms with E-state index in [0.29, 0.717) is 23.1 Å². The Kier molecular flexibility index (Phi) is 5.75. The highest BCUT2D eigenvalue weighted by Gasteiger charge is 2.11. The molecule has 0 atom stereocenters. The van der Waals surface area contributed by atoms with Gasteiger partial charge in [-0.15, -0.1) is 0 Å². The van der Waals surface area contributed by atoms with E-state index in [9.17, 15) is 4.79 Å². The lowest BCUT2D eigenvalue weighted by molar-refractivity contribution is -0.118. The lowest BCUT2D eigenvalue weighted by Gasteiger charge is -2.12. The van der Waals surface area contributed by atoms with Gasteiger partial charge in [-0.05, 0) is 47.9 Å². The third kappa shape index (κ3) is 4.50. The molecule has 0 aliphatic carbocycles. The number of ether oxygens (including phenoxy) is 3. The van der Waals surface area contributed by atoms with Crippen LogP contribution in [-0.4, -0.2) is 24.6 Å². The zero-order chi connectivity index (χ0) is 20.8. The molecule has 0 aliphatic rings. The van der Waals surface area contributed by atoms with E-state index in [-0.39, 0.29) is 12.5 Å². The van der Waals surface area contributed by atoms with Crippen LogP contribution in [0.5, 0.6) is 23.1 Å². The van der Waals surface area contributed by atoms with E-state index in [1.165, 1.54) is 0 Å². The van der Waals surface area contributed by atoms with E-state index >= 15 is 0 Å². The number of methoxy groups -OCH3 is 1. The number of anilines is 1. The minimum absolute atomic E-state index is 0.134. The number of benzene rings is 3. The van der Waals surface area contributed by atoms with Gasteiger partial charge in [-0.2, -0.15) is 0 Å². The second-order valence-corrected chi connectivity index (χ2v) is 6.45. The molecule has 1 N–H and O–H groups in total. The Hall–Kier alpha value is -4.06. The summed E-state index contributed by atoms with van der Waals surface area (Å²) in [7, 11) is 1.60. The fourth-order valence-electron chi connectivity index (χ4n) is 2.97. The molecule has 4 aromatic rings. The van der Waals surface area contributed by atoms with Crippen molar-refractivity contribution in [2.75, 3.05) is 19.0 Å². The second-order valence-electron chi connectivity index (χ2n) is 6.45. The van der Waals surface area contributed by atoms with Crippen LogP contribution >= 0.6 is 0 Å². The van der Waals surface area contributed by atoms with Gasteiger partial charge in [-0.3, -0.25) is 4.79 Å². The highest BCUT2D eigenvalue weighted by molar-refractivity contribution is 5.94. The topological polar surface area (TPSA) is 69.7 Å². The number of amides is 1. The fourth-order valence-corrected chi connectivity index (χ4v) is 2.97. The summed E-state index contributed by atoms with van der Waals surface area (Å²) in [5, 5.41) is 4.81. The SMILES string of the molecule is COc1ccc(Oc2ncccc2NC(=O)COc2cccc3ccccc23)cc1. The van der Waals surface area contributed by atoms with Gasteiger partial charge in [0.15, 0.2) is 6.61 Å². The van der Waals surface area contributed by atoms with Crippen molar-refractivity contribution < 1.29 is 19.0 Å². The molecule has 0 saturated heterocycles. The first kappa shape index (κ1) is 19.3. The van der Waals surface area contributed by atoms with Crippen molar-refractivity contribution in [3.63, 3.8) is 0 Å². The predicted octanol–water partition coefficient (Wildman–Crippen LogP) is 5.05. The Balaban J connectivity index is 1.43. The quantitative estimate of drug-likeness (QED) is 0.470. The van der Waals surface area contributed by atoms with Gasteiger partial charge in [0.05, 0.1) is 7.11 Å². The maximum atomic E-state index is 12.5. The maximum absolute atomic E-state index is 12.5. The van der Waals surface area contributed by atoms with Crippen molar-refractivity contribution in [2.45, 2.75) is 0 Å². The largest absolute Gasteiger partial charge is 0.497 e. The smallest absolute Gasteiger partial charge is 0.262 e. The summed E-state index contributed by atoms with van der Waals surface area (Å²) in [5.74, 6) is 1.94. The highest BCUT2D eigenvalue weighted by atomic mass is 16.5. The van der Waals surface area contributed by atoms with E-state index in [1.54, 1.807) is 49.7 Å². The van der Waals surface area contributed by atoms with Crippen molar-refractivity contribution in [1.29, 1.82) is 0 Å². The summed E-state index contributed by atoms with van der Waals surface area (Å²) in [5.41, 5.74) is 0.458. The Morgan fingerprint density at radius 3 is 2.50 bits per heavy atom. The van der Waals surface area contributed by atoms with Gasteiger partial charge in [-0.1, -0.05) is 36.4 Å². The van der Waals surface area contributed by atoms with Crippen molar-refractivity contribution in [3.8, 4) is 23.1 Å². The first-order valence-electron chi connectivity index (χ1n) is 9.40. The standard InChI is InChI=1S/C24H20N2O4/c1-28-18-11-13-19(14-12-18)30-24-21(9-5-15-25-24)26-23(27)16-29-22-10-4-7-17-6-2-3-8-20(17)22/h2-15H,16H2,1H3,(H,26,27). The molecule has 30 heavy (non-hydrogen) atoms. The molecular weight excluding hydrogens is 380 g/mol. The van der Waals surface area contributed by atoms with E-state index in [0.717, 1.165) is 16.5 Å². The van der Waals surface area contributed by atoms with E-state index in [4.69, 9.17) is 14.2 Å². The minimum Gasteiger partial charge on any atom is -0.497 e. The number of pyridine rings is 1. The molecule has 6 heteroatoms. The monoisotopic (exact) mass is 400 g/mol. The number of carbonyl (C=O) groups is 1. The third-order valence-corrected chi connectivity index (χ3v) is 4.43. The predicted molar refractivity (Wildman–Crippen MR) is 115 cm³/mol. The summed E-state index contributed by atoms with van der Waals surface area (Å²) in [6, 6.07) is 24.2. The first-order valence-corrected chi connectivity index (χ1v) is 9.40. The average Bonchev–Trinajstić information content (AvgIpc) is 2.79. The van der Waals surface area contributed by atoms with Crippen LogP contribution < -0.4 is 19.5 Å². The van der Waals surface area contributed by atoms with Gasteiger partial charge >= 0.3 is 0 Å². The molecule has 0 aliphatic heterocycles. The normalized spacial score (nSPS) is 10.4. The van der Waals surface area contributed by atoms with Gasteiger partial charge in [0.2, 0.25) is 5.88 Å². The first-order chi connectivity index (χ1) is 14.7. The average molecular weight is 400 g/mol. The lowest BCUT2D eigenvalue weighted by atomic mass is 10.1. The van der Waals surface area contributed by atoms with Crippen LogP contribution in [0.1, 0.15) is 0 Å². The Morgan fingerprint density at radius 1 is 0.900 bits per heavy atom. The van der Waals surface area contributed by atoms with Crippen LogP contribution in [0.25, 0.3) is 10.8 Å². The number of nitrogens with one attached hydrogen (secondary N) is 1. The van der Waals surface area contributed by atoms with Gasteiger partial charge in [0.25, 0.3) is 5.91 Å². The third-order valence-electron chi connectivity index (χ3n) is 4.43. The Bertz CT molecular complexity index is 1150. The summed E-state index contributed by atoms with van der Waals surface area (Å²) in [6.07, 6.45) is 1.60. The summed E-state index contributed by atoms with van der Waals surface area (Å²) in [4.78, 5) is 16.7. The molecule has 0 fully saturated rings. The summed E-state index contributed by atoms with van der Waals surface area (Å²) in [6.45, 7) is -0.134. The number of carbonyl (C=O) groups excluding carboxylic acids is 1. The lowest BCUT2D eigenvalue weighted by Crippen LogP contribution is -2.20. The fraction of sp³-hybridized carbons (Fsp3) is 0.0833. The molecule has 0 radical (unpaired) electrons. The molecule has 4 rings (SSSR count). The summed E-state index contributed by atoms with van der Waals surface area (Å²) < 4.78 is 16.7. The Labute approximate surface area is 174 Å². The number of nitrogens with zero attached hydrogens (tertiary/aromatic N) is 1. The van der Waals surface area contributed by atoms with Crippen LogP contribution in [0.3, 0.4) is 0 Å². The van der Waals surface area contributed by atoms with Crippen LogP contribution in [0.4, 0.5) is 5.69 Å². The molecule has 6 nitrogen and oxygen atoms in total. The number of hydrogen-bond donors (Lipinski definition) is 1. The molecule has 1 aromatic heterocycles. The second kappa shape index (κ2) is 8.96. The van der Waals surface area contributed by atoms with Crippen LogP contribution in [-0.2, 0) is 4.79 Å². The van der Waals surface area contributed by atoms with Gasteiger partial charge in [-0.25, -0.2) is 4.98 Å². The maximum Gasteiger partial charge on any atom is 0.262 e. The number of hydrogen-bond acceptors (Lipinski definition) is 5. The van der Waals surface area contributed by atoms with Gasteiger partial charge in [0.1, 0.15) is 22.9 Å². The summed E-state index contributed by atoms with van der Waals surface area (Å²) >= 11 is 0. The van der Waals surface area contributed by atoms with E-state index in [1.807, 2.05) is 42.5 Å². The van der Waals surface area contributed by atoms with Crippen LogP contribution in [0.2, 0.25) is 0 Å². The van der Waals surface area contributed by atoms with E-state index < -0.39 is 0 Å². The zero-order valence-electron chi connectivity index (χ0n) is 16.4. The van der Waals surface area contributed by atoms with Crippen molar-refractivity contribution >= 4 is 22.4 Å². The molecule has 0 unspecified atom stereocenters. The molecule has 0 bridgehead atoms. The minimum atomic E-state index is -0.310. The van der Waals surface area contributed by atoms with Gasteiger partial charge < -0.3 is 19.5 Å². The number of rotatable bonds is 7. The highest BCUT2D eigenvalue weighted by Crippen LogP contribution is 2.28. The van der Waals surface area contributed by atoms with Crippen molar-refractivity contribution in [2.24, 2.45) is 0 Å². The molecule has 1 amide bonds. The number of fused-ring (bicyclic) bond motifs is 1. The molecular formula is C24H20N2O4. The number of aromatic nitrogens is 1. The van der Waals surface area contributed by atoms with Crippen molar-refractivity contribution in [3.05, 3.63) is 85.1 Å². The molecule has 0 saturated carbocycles. The molecule has 0 spiro atoms. The Morgan fingerprint density at radius 2 is 1.67 bits per heavy atom. The molecule has 150 valence electrons. The van der Waals surface area contributed by atoms with Crippen molar-refractivity contribution in [1.82, 2.24) is 4.98 Å². The van der Waals surface area contributed by atoms with Gasteiger partial charge in [0, 0.05) is 11.6 Å². The zero-order valence-corrected chi connectivity index (χ0v) is 16.4. The molecule has 1 heterocycles. The molecule has 3 aromatic carbocycles. The van der Waals surface area contributed by atoms with Crippen LogP contribution in [0.15, 0.2) is 85.1 Å². The van der Waals surface area contributed by atoms with Crippen LogP contribution in [0, 0.1) is 0 Å². The van der Waals surface area contributed by atoms with E-state index in [2.05, 4.69) is 10.3 Å².